The monoisotopic (exact) mass is 307 g/mol. The summed E-state index contributed by atoms with van der Waals surface area (Å²) in [5.41, 5.74) is 2.85. The second-order valence-electron chi connectivity index (χ2n) is 5.32. The quantitative estimate of drug-likeness (QED) is 0.733. The fourth-order valence-electron chi connectivity index (χ4n) is 2.74. The lowest BCUT2D eigenvalue weighted by Gasteiger charge is -2.20. The van der Waals surface area contributed by atoms with Crippen LogP contribution in [0.2, 0.25) is 0 Å². The Balaban J connectivity index is 2.02. The van der Waals surface area contributed by atoms with Crippen molar-refractivity contribution in [3.63, 3.8) is 0 Å². The van der Waals surface area contributed by atoms with Gasteiger partial charge in [-0.3, -0.25) is 4.99 Å². The first-order valence-electron chi connectivity index (χ1n) is 7.29. The summed E-state index contributed by atoms with van der Waals surface area (Å²) in [5, 5.41) is 2.07. The van der Waals surface area contributed by atoms with Crippen LogP contribution in [-0.2, 0) is 0 Å². The molecule has 0 aliphatic carbocycles. The van der Waals surface area contributed by atoms with Gasteiger partial charge in [-0.15, -0.1) is 0 Å². The third-order valence-electron chi connectivity index (χ3n) is 3.79. The zero-order valence-electron chi connectivity index (χ0n) is 12.5. The van der Waals surface area contributed by atoms with Gasteiger partial charge in [-0.25, -0.2) is 9.97 Å². The van der Waals surface area contributed by atoms with Gasteiger partial charge >= 0.3 is 0 Å². The molecule has 0 saturated heterocycles. The van der Waals surface area contributed by atoms with E-state index in [1.54, 1.807) is 12.4 Å². The van der Waals surface area contributed by atoms with Crippen molar-refractivity contribution in [3.05, 3.63) is 70.8 Å². The summed E-state index contributed by atoms with van der Waals surface area (Å²) >= 11 is 0. The Labute approximate surface area is 131 Å². The summed E-state index contributed by atoms with van der Waals surface area (Å²) in [5.74, 6) is 0.581. The number of benzene rings is 1. The Bertz CT molecular complexity index is 992. The number of hydrogen-bond acceptors (Lipinski definition) is 4. The van der Waals surface area contributed by atoms with Gasteiger partial charge < -0.3 is 4.98 Å². The molecule has 4 rings (SSSR count). The molecular formula is C17H14FN5. The van der Waals surface area contributed by atoms with E-state index in [2.05, 4.69) is 19.9 Å². The molecular weight excluding hydrogens is 293 g/mol. The first-order valence-corrected chi connectivity index (χ1v) is 7.29. The highest BCUT2D eigenvalue weighted by Crippen LogP contribution is 2.27. The van der Waals surface area contributed by atoms with E-state index in [4.69, 9.17) is 0 Å². The van der Waals surface area contributed by atoms with Crippen LogP contribution >= 0.6 is 0 Å². The minimum absolute atomic E-state index is 0.0246. The molecule has 0 unspecified atom stereocenters. The SMILES string of the molecule is Cc1ccnc(-c2ccccc2C2=c3[nH]ccc3=NCN2F)n1. The Kier molecular flexibility index (Phi) is 3.15. The van der Waals surface area contributed by atoms with Gasteiger partial charge in [0.2, 0.25) is 0 Å². The Hall–Kier alpha value is -3.02. The van der Waals surface area contributed by atoms with Crippen molar-refractivity contribution in [3.8, 4) is 11.4 Å². The van der Waals surface area contributed by atoms with E-state index in [0.717, 1.165) is 22.2 Å². The highest BCUT2D eigenvalue weighted by atomic mass is 19.2. The summed E-state index contributed by atoms with van der Waals surface area (Å²) in [6, 6.07) is 11.2. The van der Waals surface area contributed by atoms with Crippen molar-refractivity contribution in [1.82, 2.24) is 20.1 Å². The highest BCUT2D eigenvalue weighted by Gasteiger charge is 2.21. The molecule has 5 nitrogen and oxygen atoms in total. The lowest BCUT2D eigenvalue weighted by atomic mass is 10.0. The van der Waals surface area contributed by atoms with Gasteiger partial charge in [0.05, 0.1) is 10.7 Å². The number of nitrogens with one attached hydrogen (secondary N) is 1. The van der Waals surface area contributed by atoms with E-state index < -0.39 is 0 Å². The molecule has 23 heavy (non-hydrogen) atoms. The maximum atomic E-state index is 14.5. The summed E-state index contributed by atoms with van der Waals surface area (Å²) in [6.07, 6.45) is 3.47. The average Bonchev–Trinajstić information content (AvgIpc) is 3.03. The minimum atomic E-state index is -0.0246. The normalized spacial score (nSPS) is 13.7. The Morgan fingerprint density at radius 1 is 1.13 bits per heavy atom. The topological polar surface area (TPSA) is 57.2 Å². The van der Waals surface area contributed by atoms with Crippen LogP contribution in [-0.4, -0.2) is 26.7 Å². The standard InChI is InChI=1S/C17H14FN5/c1-11-6-8-20-17(22-11)13-5-3-2-4-12(13)16-15-14(7-9-19-15)21-10-23(16)18/h2-9,19H,10H2,1H3. The van der Waals surface area contributed by atoms with Gasteiger partial charge in [-0.05, 0) is 19.1 Å². The van der Waals surface area contributed by atoms with E-state index in [-0.39, 0.29) is 6.67 Å². The predicted molar refractivity (Wildman–Crippen MR) is 84.1 cm³/mol. The molecule has 3 heterocycles. The third kappa shape index (κ3) is 2.28. The maximum Gasteiger partial charge on any atom is 0.160 e. The zero-order chi connectivity index (χ0) is 15.8. The molecule has 0 saturated carbocycles. The smallest absolute Gasteiger partial charge is 0.160 e. The number of nitrogens with zero attached hydrogens (tertiary/aromatic N) is 4. The summed E-state index contributed by atoms with van der Waals surface area (Å²) < 4.78 is 14.5. The van der Waals surface area contributed by atoms with Crippen molar-refractivity contribution in [2.45, 2.75) is 6.92 Å². The molecule has 114 valence electrons. The van der Waals surface area contributed by atoms with E-state index in [1.165, 1.54) is 0 Å². The minimum Gasteiger partial charge on any atom is -0.358 e. The van der Waals surface area contributed by atoms with Crippen molar-refractivity contribution in [1.29, 1.82) is 0 Å². The van der Waals surface area contributed by atoms with Crippen LogP contribution in [0.15, 0.2) is 53.8 Å². The fraction of sp³-hybridized carbons (Fsp3) is 0.118. The van der Waals surface area contributed by atoms with Gasteiger partial charge in [0.1, 0.15) is 12.4 Å². The molecule has 1 aromatic carbocycles. The van der Waals surface area contributed by atoms with Gasteiger partial charge in [-0.2, -0.15) is 5.12 Å². The van der Waals surface area contributed by atoms with Crippen LogP contribution in [0.3, 0.4) is 0 Å². The Morgan fingerprint density at radius 2 is 1.96 bits per heavy atom. The van der Waals surface area contributed by atoms with E-state index in [9.17, 15) is 4.48 Å². The molecule has 1 aliphatic heterocycles. The molecule has 6 heteroatoms. The number of halogens is 1. The van der Waals surface area contributed by atoms with Gasteiger partial charge in [-0.1, -0.05) is 28.7 Å². The summed E-state index contributed by atoms with van der Waals surface area (Å²) in [7, 11) is 0. The second kappa shape index (κ2) is 5.31. The number of aryl methyl sites for hydroxylation is 1. The Morgan fingerprint density at radius 3 is 2.78 bits per heavy atom. The second-order valence-corrected chi connectivity index (χ2v) is 5.32. The van der Waals surface area contributed by atoms with E-state index in [0.29, 0.717) is 22.0 Å². The first kappa shape index (κ1) is 13.6. The molecule has 0 spiro atoms. The molecule has 0 atom stereocenters. The van der Waals surface area contributed by atoms with Crippen LogP contribution in [0.4, 0.5) is 4.48 Å². The molecule has 3 aromatic rings. The number of rotatable bonds is 2. The number of hydrogen-bond donors (Lipinski definition) is 1. The van der Waals surface area contributed by atoms with Crippen molar-refractivity contribution in [2.75, 3.05) is 6.67 Å². The van der Waals surface area contributed by atoms with Gasteiger partial charge in [0.25, 0.3) is 0 Å². The zero-order valence-corrected chi connectivity index (χ0v) is 12.5. The molecule has 0 bridgehead atoms. The number of fused-ring (bicyclic) bond motifs is 1. The van der Waals surface area contributed by atoms with Crippen molar-refractivity contribution < 1.29 is 4.48 Å². The van der Waals surface area contributed by atoms with Crippen LogP contribution in [0.25, 0.3) is 17.1 Å². The number of H-pyrrole nitrogens is 1. The van der Waals surface area contributed by atoms with Crippen LogP contribution in [0.1, 0.15) is 11.3 Å². The van der Waals surface area contributed by atoms with Crippen molar-refractivity contribution in [2.24, 2.45) is 4.99 Å². The molecule has 0 amide bonds. The van der Waals surface area contributed by atoms with Crippen LogP contribution in [0.5, 0.6) is 0 Å². The molecule has 0 fully saturated rings. The lowest BCUT2D eigenvalue weighted by Crippen LogP contribution is -2.37. The third-order valence-corrected chi connectivity index (χ3v) is 3.79. The van der Waals surface area contributed by atoms with E-state index in [1.807, 2.05) is 43.3 Å². The van der Waals surface area contributed by atoms with Crippen LogP contribution < -0.4 is 10.7 Å². The average molecular weight is 307 g/mol. The largest absolute Gasteiger partial charge is 0.358 e. The molecule has 1 N–H and O–H groups in total. The van der Waals surface area contributed by atoms with Gasteiger partial charge in [0, 0.05) is 29.2 Å². The lowest BCUT2D eigenvalue weighted by molar-refractivity contribution is 0.105. The predicted octanol–water partition coefficient (Wildman–Crippen LogP) is 1.71. The first-order chi connectivity index (χ1) is 11.2. The highest BCUT2D eigenvalue weighted by molar-refractivity contribution is 5.77. The van der Waals surface area contributed by atoms with Crippen LogP contribution in [0, 0.1) is 6.92 Å². The molecule has 0 radical (unpaired) electrons. The number of aromatic nitrogens is 3. The summed E-state index contributed by atoms with van der Waals surface area (Å²) in [6.45, 7) is 1.88. The van der Waals surface area contributed by atoms with Gasteiger partial charge in [0.15, 0.2) is 5.82 Å². The fourth-order valence-corrected chi connectivity index (χ4v) is 2.74. The molecule has 1 aliphatic rings. The summed E-state index contributed by atoms with van der Waals surface area (Å²) in [4.78, 5) is 16.1. The van der Waals surface area contributed by atoms with Crippen molar-refractivity contribution >= 4 is 5.70 Å². The maximum absolute atomic E-state index is 14.5. The number of aromatic amines is 1. The molecule has 2 aromatic heterocycles. The van der Waals surface area contributed by atoms with E-state index >= 15 is 0 Å².